The normalized spacial score (nSPS) is 19.0. The van der Waals surface area contributed by atoms with Crippen molar-refractivity contribution in [1.82, 2.24) is 9.80 Å². The molecule has 1 N–H and O–H groups in total. The van der Waals surface area contributed by atoms with Crippen LogP contribution in [-0.4, -0.2) is 81.2 Å². The molecule has 180 valence electrons. The highest BCUT2D eigenvalue weighted by Crippen LogP contribution is 2.42. The first-order valence-corrected chi connectivity index (χ1v) is 10.9. The second kappa shape index (κ2) is 9.64. The lowest BCUT2D eigenvalue weighted by atomic mass is 9.94. The van der Waals surface area contributed by atoms with Gasteiger partial charge in [0, 0.05) is 18.7 Å². The van der Waals surface area contributed by atoms with Gasteiger partial charge in [0.25, 0.3) is 11.7 Å². The summed E-state index contributed by atoms with van der Waals surface area (Å²) in [6, 6.07) is 9.33. The number of ether oxygens (including phenoxy) is 4. The van der Waals surface area contributed by atoms with Crippen LogP contribution in [0.5, 0.6) is 23.0 Å². The van der Waals surface area contributed by atoms with Crippen LogP contribution in [0.3, 0.4) is 0 Å². The maximum Gasteiger partial charge on any atom is 0.295 e. The molecular weight excluding hydrogens is 440 g/mol. The topological polar surface area (TPSA) is 97.8 Å². The molecule has 1 unspecified atom stereocenters. The summed E-state index contributed by atoms with van der Waals surface area (Å²) in [4.78, 5) is 29.7. The average Bonchev–Trinajstić information content (AvgIpc) is 3.11. The minimum atomic E-state index is -0.798. The van der Waals surface area contributed by atoms with Crippen LogP contribution in [-0.2, 0) is 9.59 Å². The summed E-state index contributed by atoms with van der Waals surface area (Å²) in [6.07, 6.45) is 0. The van der Waals surface area contributed by atoms with Crippen LogP contribution in [0.15, 0.2) is 42.0 Å². The number of benzene rings is 2. The number of amides is 1. The quantitative estimate of drug-likeness (QED) is 0.376. The Kier molecular flexibility index (Phi) is 6.65. The Labute approximate surface area is 198 Å². The van der Waals surface area contributed by atoms with Crippen LogP contribution in [0.1, 0.15) is 17.2 Å². The van der Waals surface area contributed by atoms with E-state index in [0.717, 1.165) is 0 Å². The van der Waals surface area contributed by atoms with Crippen LogP contribution in [0, 0.1) is 0 Å². The van der Waals surface area contributed by atoms with Crippen molar-refractivity contribution in [1.29, 1.82) is 0 Å². The Bertz CT molecular complexity index is 1140. The third-order valence-electron chi connectivity index (χ3n) is 5.87. The van der Waals surface area contributed by atoms with Gasteiger partial charge in [-0.05, 0) is 50.0 Å². The highest BCUT2D eigenvalue weighted by atomic mass is 16.6. The number of nitrogens with zero attached hydrogens (tertiary/aromatic N) is 2. The van der Waals surface area contributed by atoms with E-state index in [4.69, 9.17) is 18.9 Å². The summed E-state index contributed by atoms with van der Waals surface area (Å²) < 4.78 is 21.9. The first-order chi connectivity index (χ1) is 16.3. The van der Waals surface area contributed by atoms with E-state index in [1.54, 1.807) is 36.4 Å². The Hall–Kier alpha value is -3.72. The molecule has 9 nitrogen and oxygen atoms in total. The number of hydrogen-bond acceptors (Lipinski definition) is 8. The summed E-state index contributed by atoms with van der Waals surface area (Å²) in [7, 11) is 6.82. The van der Waals surface area contributed by atoms with Crippen molar-refractivity contribution in [2.24, 2.45) is 0 Å². The highest BCUT2D eigenvalue weighted by molar-refractivity contribution is 6.46. The van der Waals surface area contributed by atoms with Gasteiger partial charge in [-0.25, -0.2) is 0 Å². The fraction of sp³-hybridized carbons (Fsp3) is 0.360. The molecule has 1 amide bonds. The number of methoxy groups -OCH3 is 2. The van der Waals surface area contributed by atoms with Gasteiger partial charge in [0.1, 0.15) is 19.0 Å². The Morgan fingerprint density at radius 1 is 1.03 bits per heavy atom. The number of likely N-dealkylation sites (N-methyl/N-ethyl adjacent to an activating group) is 1. The number of aliphatic hydroxyl groups excluding tert-OH is 1. The predicted octanol–water partition coefficient (Wildman–Crippen LogP) is 2.46. The van der Waals surface area contributed by atoms with Crippen LogP contribution in [0.4, 0.5) is 0 Å². The van der Waals surface area contributed by atoms with E-state index in [9.17, 15) is 14.7 Å². The van der Waals surface area contributed by atoms with Crippen molar-refractivity contribution in [2.75, 3.05) is 54.6 Å². The summed E-state index contributed by atoms with van der Waals surface area (Å²) in [5, 5.41) is 11.3. The largest absolute Gasteiger partial charge is 0.507 e. The molecule has 9 heteroatoms. The molecule has 2 aromatic carbocycles. The maximum absolute atomic E-state index is 13.2. The Morgan fingerprint density at radius 2 is 1.74 bits per heavy atom. The lowest BCUT2D eigenvalue weighted by Gasteiger charge is -2.27. The molecule has 2 aliphatic rings. The molecule has 1 atom stereocenters. The van der Waals surface area contributed by atoms with Gasteiger partial charge in [0.05, 0.1) is 25.8 Å². The fourth-order valence-corrected chi connectivity index (χ4v) is 4.13. The van der Waals surface area contributed by atoms with Crippen molar-refractivity contribution in [3.8, 4) is 23.0 Å². The molecule has 1 saturated heterocycles. The molecule has 1 fully saturated rings. The molecule has 2 aromatic rings. The van der Waals surface area contributed by atoms with E-state index in [-0.39, 0.29) is 11.3 Å². The average molecular weight is 469 g/mol. The molecule has 0 spiro atoms. The van der Waals surface area contributed by atoms with Crippen LogP contribution in [0.25, 0.3) is 5.76 Å². The summed E-state index contributed by atoms with van der Waals surface area (Å²) >= 11 is 0. The minimum absolute atomic E-state index is 0.00709. The van der Waals surface area contributed by atoms with Crippen molar-refractivity contribution in [3.05, 3.63) is 53.1 Å². The maximum atomic E-state index is 13.2. The number of carbonyl (C=O) groups is 2. The van der Waals surface area contributed by atoms with Gasteiger partial charge < -0.3 is 33.9 Å². The van der Waals surface area contributed by atoms with Gasteiger partial charge in [-0.15, -0.1) is 0 Å². The molecular formula is C25H28N2O7. The molecule has 0 aliphatic carbocycles. The third-order valence-corrected chi connectivity index (χ3v) is 5.87. The standard InChI is InChI=1S/C25H28N2O7/c1-26(2)9-10-27-22(15-5-7-17(31-3)19(13-15)32-4)21(24(29)25(27)30)23(28)16-6-8-18-20(14-16)34-12-11-33-18/h5-8,13-14,22,28H,9-12H2,1-4H3. The predicted molar refractivity (Wildman–Crippen MR) is 125 cm³/mol. The molecule has 4 rings (SSSR count). The van der Waals surface area contributed by atoms with Crippen molar-refractivity contribution >= 4 is 17.4 Å². The molecule has 0 aromatic heterocycles. The first-order valence-electron chi connectivity index (χ1n) is 10.9. The number of likely N-dealkylation sites (tertiary alicyclic amines) is 1. The number of fused-ring (bicyclic) bond motifs is 1. The van der Waals surface area contributed by atoms with Gasteiger partial charge >= 0.3 is 0 Å². The Balaban J connectivity index is 1.85. The molecule has 0 saturated carbocycles. The highest BCUT2D eigenvalue weighted by Gasteiger charge is 2.46. The number of aliphatic hydroxyl groups is 1. The monoisotopic (exact) mass is 468 g/mol. The molecule has 34 heavy (non-hydrogen) atoms. The zero-order chi connectivity index (χ0) is 24.4. The number of rotatable bonds is 7. The van der Waals surface area contributed by atoms with Gasteiger partial charge in [0.15, 0.2) is 23.0 Å². The first kappa shape index (κ1) is 23.4. The fourth-order valence-electron chi connectivity index (χ4n) is 4.13. The van der Waals surface area contributed by atoms with E-state index in [0.29, 0.717) is 60.4 Å². The summed E-state index contributed by atoms with van der Waals surface area (Å²) in [6.45, 7) is 1.67. The zero-order valence-corrected chi connectivity index (χ0v) is 19.7. The van der Waals surface area contributed by atoms with Gasteiger partial charge in [0.2, 0.25) is 0 Å². The van der Waals surface area contributed by atoms with E-state index >= 15 is 0 Å². The Morgan fingerprint density at radius 3 is 2.41 bits per heavy atom. The number of Topliss-reactive ketones (excluding diaryl/α,β-unsaturated/α-hetero) is 1. The second-order valence-electron chi connectivity index (χ2n) is 8.27. The van der Waals surface area contributed by atoms with E-state index < -0.39 is 17.7 Å². The van der Waals surface area contributed by atoms with Crippen molar-refractivity contribution in [2.45, 2.75) is 6.04 Å². The van der Waals surface area contributed by atoms with Crippen LogP contribution >= 0.6 is 0 Å². The molecule has 2 heterocycles. The zero-order valence-electron chi connectivity index (χ0n) is 19.7. The smallest absolute Gasteiger partial charge is 0.295 e. The lowest BCUT2D eigenvalue weighted by Crippen LogP contribution is -2.35. The second-order valence-corrected chi connectivity index (χ2v) is 8.27. The van der Waals surface area contributed by atoms with Crippen LogP contribution in [0.2, 0.25) is 0 Å². The molecule has 0 bridgehead atoms. The number of ketones is 1. The lowest BCUT2D eigenvalue weighted by molar-refractivity contribution is -0.140. The number of hydrogen-bond donors (Lipinski definition) is 1. The molecule has 0 radical (unpaired) electrons. The van der Waals surface area contributed by atoms with Crippen molar-refractivity contribution in [3.63, 3.8) is 0 Å². The van der Waals surface area contributed by atoms with Gasteiger partial charge in [-0.2, -0.15) is 0 Å². The third kappa shape index (κ3) is 4.26. The van der Waals surface area contributed by atoms with E-state index in [2.05, 4.69) is 0 Å². The SMILES string of the molecule is COc1ccc(C2C(=C(O)c3ccc4c(c3)OCCO4)C(=O)C(=O)N2CCN(C)C)cc1OC. The number of carbonyl (C=O) groups excluding carboxylic acids is 2. The minimum Gasteiger partial charge on any atom is -0.507 e. The van der Waals surface area contributed by atoms with Gasteiger partial charge in [-0.1, -0.05) is 6.07 Å². The van der Waals surface area contributed by atoms with Crippen LogP contribution < -0.4 is 18.9 Å². The van der Waals surface area contributed by atoms with E-state index in [1.165, 1.54) is 19.1 Å². The summed E-state index contributed by atoms with van der Waals surface area (Å²) in [5.74, 6) is 0.320. The van der Waals surface area contributed by atoms with Crippen molar-refractivity contribution < 1.29 is 33.6 Å². The summed E-state index contributed by atoms with van der Waals surface area (Å²) in [5.41, 5.74) is 0.989. The van der Waals surface area contributed by atoms with E-state index in [1.807, 2.05) is 19.0 Å². The van der Waals surface area contributed by atoms with Gasteiger partial charge in [-0.3, -0.25) is 9.59 Å². The molecule has 2 aliphatic heterocycles.